The second-order valence-electron chi connectivity index (χ2n) is 6.85. The van der Waals surface area contributed by atoms with E-state index in [1.54, 1.807) is 6.07 Å². The maximum absolute atomic E-state index is 13.0. The highest BCUT2D eigenvalue weighted by Gasteiger charge is 2.32. The van der Waals surface area contributed by atoms with Crippen LogP contribution in [0.25, 0.3) is 11.1 Å². The van der Waals surface area contributed by atoms with Crippen LogP contribution in [0, 0.1) is 20.8 Å². The number of aromatic nitrogens is 3. The van der Waals surface area contributed by atoms with E-state index in [1.165, 1.54) is 0 Å². The van der Waals surface area contributed by atoms with Crippen molar-refractivity contribution in [2.75, 3.05) is 6.54 Å². The van der Waals surface area contributed by atoms with Crippen molar-refractivity contribution in [1.82, 2.24) is 19.7 Å². The number of hydrogen-bond donors (Lipinski definition) is 0. The quantitative estimate of drug-likeness (QED) is 0.735. The Kier molecular flexibility index (Phi) is 3.82. The molecule has 0 aliphatic carbocycles. The predicted molar refractivity (Wildman–Crippen MR) is 94.5 cm³/mol. The summed E-state index contributed by atoms with van der Waals surface area (Å²) in [5.74, 6) is 0.313. The van der Waals surface area contributed by atoms with Gasteiger partial charge in [-0.05, 0) is 51.8 Å². The van der Waals surface area contributed by atoms with Crippen LogP contribution in [0.5, 0.6) is 0 Å². The van der Waals surface area contributed by atoms with Gasteiger partial charge in [-0.15, -0.1) is 0 Å². The van der Waals surface area contributed by atoms with E-state index in [0.717, 1.165) is 48.5 Å². The second-order valence-corrected chi connectivity index (χ2v) is 6.85. The number of amides is 1. The summed E-state index contributed by atoms with van der Waals surface area (Å²) in [5.41, 5.74) is 4.43. The van der Waals surface area contributed by atoms with Gasteiger partial charge < -0.3 is 9.32 Å². The summed E-state index contributed by atoms with van der Waals surface area (Å²) in [6.45, 7) is 7.45. The molecular formula is C19H22N4O2. The number of carbonyl (C=O) groups is 1. The summed E-state index contributed by atoms with van der Waals surface area (Å²) in [5, 5.41) is 4.53. The molecule has 3 aromatic rings. The molecule has 1 aliphatic rings. The SMILES string of the molecule is Cc1ccc2oc(C(=O)N3CCC[C@H]3Cn3nc(C)cc3C)cc2n1. The summed E-state index contributed by atoms with van der Waals surface area (Å²) < 4.78 is 7.74. The van der Waals surface area contributed by atoms with Crippen molar-refractivity contribution in [2.45, 2.75) is 46.2 Å². The lowest BCUT2D eigenvalue weighted by atomic mass is 10.2. The van der Waals surface area contributed by atoms with Crippen molar-refractivity contribution in [3.63, 3.8) is 0 Å². The molecule has 0 aromatic carbocycles. The minimum atomic E-state index is -0.0558. The average molecular weight is 338 g/mol. The summed E-state index contributed by atoms with van der Waals surface area (Å²) in [4.78, 5) is 19.3. The summed E-state index contributed by atoms with van der Waals surface area (Å²) in [6.07, 6.45) is 2.00. The van der Waals surface area contributed by atoms with Crippen LogP contribution in [-0.4, -0.2) is 38.2 Å². The van der Waals surface area contributed by atoms with Crippen molar-refractivity contribution in [3.05, 3.63) is 47.1 Å². The number of nitrogens with zero attached hydrogens (tertiary/aromatic N) is 4. The number of pyridine rings is 1. The molecule has 1 atom stereocenters. The van der Waals surface area contributed by atoms with Gasteiger partial charge in [0.25, 0.3) is 5.91 Å². The summed E-state index contributed by atoms with van der Waals surface area (Å²) >= 11 is 0. The Labute approximate surface area is 146 Å². The zero-order chi connectivity index (χ0) is 17.6. The first-order chi connectivity index (χ1) is 12.0. The first kappa shape index (κ1) is 15.9. The van der Waals surface area contributed by atoms with Gasteiger partial charge in [0, 0.05) is 24.0 Å². The highest BCUT2D eigenvalue weighted by atomic mass is 16.3. The Hall–Kier alpha value is -2.63. The summed E-state index contributed by atoms with van der Waals surface area (Å²) in [7, 11) is 0. The Morgan fingerprint density at radius 3 is 2.84 bits per heavy atom. The lowest BCUT2D eigenvalue weighted by Crippen LogP contribution is -2.38. The molecule has 1 amide bonds. The maximum atomic E-state index is 13.0. The molecule has 0 bridgehead atoms. The monoisotopic (exact) mass is 338 g/mol. The molecule has 1 saturated heterocycles. The average Bonchev–Trinajstić information content (AvgIpc) is 3.26. The van der Waals surface area contributed by atoms with E-state index in [0.29, 0.717) is 11.3 Å². The van der Waals surface area contributed by atoms with Gasteiger partial charge in [-0.2, -0.15) is 5.10 Å². The van der Waals surface area contributed by atoms with Crippen molar-refractivity contribution in [1.29, 1.82) is 0 Å². The Morgan fingerprint density at radius 1 is 1.24 bits per heavy atom. The fourth-order valence-electron chi connectivity index (χ4n) is 3.63. The first-order valence-electron chi connectivity index (χ1n) is 8.70. The number of fused-ring (bicyclic) bond motifs is 1. The van der Waals surface area contributed by atoms with E-state index in [4.69, 9.17) is 4.42 Å². The molecule has 1 fully saturated rings. The van der Waals surface area contributed by atoms with Crippen molar-refractivity contribution in [3.8, 4) is 0 Å². The molecule has 6 heteroatoms. The molecule has 130 valence electrons. The van der Waals surface area contributed by atoms with Crippen LogP contribution >= 0.6 is 0 Å². The Bertz CT molecular complexity index is 940. The van der Waals surface area contributed by atoms with Crippen molar-refractivity contribution < 1.29 is 9.21 Å². The molecular weight excluding hydrogens is 316 g/mol. The van der Waals surface area contributed by atoms with Gasteiger partial charge in [-0.3, -0.25) is 9.48 Å². The molecule has 25 heavy (non-hydrogen) atoms. The van der Waals surface area contributed by atoms with Crippen molar-refractivity contribution in [2.24, 2.45) is 0 Å². The van der Waals surface area contributed by atoms with E-state index >= 15 is 0 Å². The minimum Gasteiger partial charge on any atom is -0.449 e. The normalized spacial score (nSPS) is 17.6. The Morgan fingerprint density at radius 2 is 2.08 bits per heavy atom. The topological polar surface area (TPSA) is 64.2 Å². The third-order valence-corrected chi connectivity index (χ3v) is 4.85. The van der Waals surface area contributed by atoms with Gasteiger partial charge in [0.2, 0.25) is 0 Å². The molecule has 0 N–H and O–H groups in total. The number of hydrogen-bond acceptors (Lipinski definition) is 4. The fourth-order valence-corrected chi connectivity index (χ4v) is 3.63. The van der Waals surface area contributed by atoms with Crippen molar-refractivity contribution >= 4 is 17.0 Å². The van der Waals surface area contributed by atoms with Crippen LogP contribution in [0.2, 0.25) is 0 Å². The third-order valence-electron chi connectivity index (χ3n) is 4.85. The van der Waals surface area contributed by atoms with Crippen LogP contribution in [0.4, 0.5) is 0 Å². The first-order valence-corrected chi connectivity index (χ1v) is 8.70. The van der Waals surface area contributed by atoms with E-state index in [9.17, 15) is 4.79 Å². The number of furan rings is 1. The number of aryl methyl sites for hydroxylation is 3. The van der Waals surface area contributed by atoms with Crippen LogP contribution in [-0.2, 0) is 6.54 Å². The molecule has 0 saturated carbocycles. The van der Waals surface area contributed by atoms with E-state index < -0.39 is 0 Å². The molecule has 3 aromatic heterocycles. The highest BCUT2D eigenvalue weighted by molar-refractivity contribution is 5.95. The number of rotatable bonds is 3. The third kappa shape index (κ3) is 2.92. The van der Waals surface area contributed by atoms with Gasteiger partial charge in [0.05, 0.1) is 18.3 Å². The molecule has 0 radical (unpaired) electrons. The molecule has 0 unspecified atom stereocenters. The molecule has 0 spiro atoms. The fraction of sp³-hybridized carbons (Fsp3) is 0.421. The summed E-state index contributed by atoms with van der Waals surface area (Å²) in [6, 6.07) is 7.72. The van der Waals surface area contributed by atoms with Gasteiger partial charge >= 0.3 is 0 Å². The van der Waals surface area contributed by atoms with E-state index in [1.807, 2.05) is 42.5 Å². The molecule has 4 rings (SSSR count). The molecule has 1 aliphatic heterocycles. The number of likely N-dealkylation sites (tertiary alicyclic amines) is 1. The Balaban J connectivity index is 1.58. The predicted octanol–water partition coefficient (Wildman–Crippen LogP) is 3.25. The van der Waals surface area contributed by atoms with Gasteiger partial charge in [0.1, 0.15) is 5.52 Å². The van der Waals surface area contributed by atoms with Crippen LogP contribution < -0.4 is 0 Å². The minimum absolute atomic E-state index is 0.0558. The van der Waals surface area contributed by atoms with Gasteiger partial charge in [-0.1, -0.05) is 0 Å². The smallest absolute Gasteiger partial charge is 0.289 e. The number of carbonyl (C=O) groups excluding carboxylic acids is 1. The van der Waals surface area contributed by atoms with Crippen LogP contribution in [0.15, 0.2) is 28.7 Å². The highest BCUT2D eigenvalue weighted by Crippen LogP contribution is 2.25. The molecule has 4 heterocycles. The van der Waals surface area contributed by atoms with E-state index in [2.05, 4.69) is 16.1 Å². The zero-order valence-electron chi connectivity index (χ0n) is 14.8. The van der Waals surface area contributed by atoms with Crippen LogP contribution in [0.3, 0.4) is 0 Å². The van der Waals surface area contributed by atoms with E-state index in [-0.39, 0.29) is 11.9 Å². The maximum Gasteiger partial charge on any atom is 0.289 e. The lowest BCUT2D eigenvalue weighted by molar-refractivity contribution is 0.0691. The van der Waals surface area contributed by atoms with Gasteiger partial charge in [0.15, 0.2) is 11.3 Å². The zero-order valence-corrected chi connectivity index (χ0v) is 14.8. The van der Waals surface area contributed by atoms with Crippen LogP contribution in [0.1, 0.15) is 40.5 Å². The second kappa shape index (κ2) is 6.02. The largest absolute Gasteiger partial charge is 0.449 e. The molecule has 6 nitrogen and oxygen atoms in total. The standard InChI is InChI=1S/C19H22N4O2/c1-12-6-7-17-16(20-12)10-18(25-17)19(24)22-8-4-5-15(22)11-23-14(3)9-13(2)21-23/h6-7,9-10,15H,4-5,8,11H2,1-3H3/t15-/m0/s1. The van der Waals surface area contributed by atoms with Gasteiger partial charge in [-0.25, -0.2) is 4.98 Å². The lowest BCUT2D eigenvalue weighted by Gasteiger charge is -2.24.